The van der Waals surface area contributed by atoms with Crippen LogP contribution in [0, 0.1) is 5.92 Å². The number of fused-ring (bicyclic) bond motifs is 1. The lowest BCUT2D eigenvalue weighted by molar-refractivity contribution is -0.129. The van der Waals surface area contributed by atoms with Gasteiger partial charge in [0.25, 0.3) is 0 Å². The molecule has 0 saturated carbocycles. The van der Waals surface area contributed by atoms with E-state index in [1.807, 2.05) is 19.1 Å². The number of sulfonamides is 1. The number of benzene rings is 1. The summed E-state index contributed by atoms with van der Waals surface area (Å²) in [4.78, 5) is 13.5. The number of aliphatic hydroxyl groups excluding tert-OH is 1. The quantitative estimate of drug-likeness (QED) is 0.766. The molecule has 3 atom stereocenters. The summed E-state index contributed by atoms with van der Waals surface area (Å²) >= 11 is 0. The van der Waals surface area contributed by atoms with E-state index in [1.54, 1.807) is 24.9 Å². The van der Waals surface area contributed by atoms with Gasteiger partial charge in [-0.3, -0.25) is 4.79 Å². The fourth-order valence-electron chi connectivity index (χ4n) is 3.97. The van der Waals surface area contributed by atoms with Gasteiger partial charge in [0.1, 0.15) is 16.7 Å². The second-order valence-electron chi connectivity index (χ2n) is 8.42. The molecule has 30 heavy (non-hydrogen) atoms. The molecule has 7 nitrogen and oxygen atoms in total. The fraction of sp³-hybridized carbons (Fsp3) is 0.591. The summed E-state index contributed by atoms with van der Waals surface area (Å²) in [6.45, 7) is 5.39. The lowest BCUT2D eigenvalue weighted by atomic mass is 10.0. The molecule has 0 saturated heterocycles. The number of allylic oxidation sites excluding steroid dienone is 2. The largest absolute Gasteiger partial charge is 0.487 e. The van der Waals surface area contributed by atoms with Gasteiger partial charge in [-0.2, -0.15) is 4.31 Å². The van der Waals surface area contributed by atoms with Gasteiger partial charge in [-0.05, 0) is 49.5 Å². The van der Waals surface area contributed by atoms with E-state index in [0.717, 1.165) is 24.8 Å². The molecule has 1 aromatic carbocycles. The number of hydrogen-bond acceptors (Lipinski definition) is 5. The second-order valence-corrected chi connectivity index (χ2v) is 10.3. The Morgan fingerprint density at radius 1 is 1.40 bits per heavy atom. The van der Waals surface area contributed by atoms with Crippen LogP contribution in [0.4, 0.5) is 0 Å². The molecule has 166 valence electrons. The van der Waals surface area contributed by atoms with Crippen LogP contribution in [0.1, 0.15) is 45.6 Å². The minimum atomic E-state index is -3.85. The molecule has 1 aromatic rings. The van der Waals surface area contributed by atoms with Crippen molar-refractivity contribution < 1.29 is 23.1 Å². The Bertz CT molecular complexity index is 927. The molecule has 3 rings (SSSR count). The molecule has 0 radical (unpaired) electrons. The number of carbonyl (C=O) groups is 1. The van der Waals surface area contributed by atoms with Crippen molar-refractivity contribution >= 4 is 21.5 Å². The SMILES string of the molecule is CC(=O)N(C)C[C@H]1Oc2cc(C3=CCCC3)ccc2S(=O)(=O)N([C@H](C)CO)C[C@H]1C. The first kappa shape index (κ1) is 22.8. The number of carbonyl (C=O) groups excluding carboxylic acids is 1. The van der Waals surface area contributed by atoms with Gasteiger partial charge in [-0.25, -0.2) is 8.42 Å². The third-order valence-corrected chi connectivity index (χ3v) is 8.09. The van der Waals surface area contributed by atoms with E-state index >= 15 is 0 Å². The molecule has 1 amide bonds. The minimum absolute atomic E-state index is 0.0776. The van der Waals surface area contributed by atoms with Crippen molar-refractivity contribution in [1.29, 1.82) is 0 Å². The first-order valence-corrected chi connectivity index (χ1v) is 11.9. The summed E-state index contributed by atoms with van der Waals surface area (Å²) in [7, 11) is -2.14. The van der Waals surface area contributed by atoms with Crippen LogP contribution in [-0.2, 0) is 14.8 Å². The average molecular weight is 437 g/mol. The van der Waals surface area contributed by atoms with Crippen molar-refractivity contribution in [2.75, 3.05) is 26.7 Å². The molecular weight excluding hydrogens is 404 g/mol. The van der Waals surface area contributed by atoms with E-state index in [0.29, 0.717) is 12.3 Å². The number of hydrogen-bond donors (Lipinski definition) is 1. The molecule has 0 bridgehead atoms. The Kier molecular flexibility index (Phi) is 6.89. The zero-order valence-corrected chi connectivity index (χ0v) is 19.0. The summed E-state index contributed by atoms with van der Waals surface area (Å²) in [5.74, 6) is 0.0492. The van der Waals surface area contributed by atoms with Crippen LogP contribution in [0.25, 0.3) is 5.57 Å². The highest BCUT2D eigenvalue weighted by molar-refractivity contribution is 7.89. The van der Waals surface area contributed by atoms with E-state index in [-0.39, 0.29) is 36.0 Å². The van der Waals surface area contributed by atoms with Crippen molar-refractivity contribution in [3.8, 4) is 5.75 Å². The molecule has 0 unspecified atom stereocenters. The molecule has 0 spiro atoms. The van der Waals surface area contributed by atoms with Gasteiger partial charge < -0.3 is 14.7 Å². The Balaban J connectivity index is 2.09. The smallest absolute Gasteiger partial charge is 0.247 e. The van der Waals surface area contributed by atoms with Gasteiger partial charge in [0.05, 0.1) is 13.2 Å². The first-order chi connectivity index (χ1) is 14.1. The van der Waals surface area contributed by atoms with Crippen LogP contribution in [0.5, 0.6) is 5.75 Å². The normalized spacial score (nSPS) is 24.8. The van der Waals surface area contributed by atoms with E-state index < -0.39 is 16.1 Å². The zero-order valence-electron chi connectivity index (χ0n) is 18.2. The maximum absolute atomic E-state index is 13.4. The van der Waals surface area contributed by atoms with Crippen molar-refractivity contribution in [3.05, 3.63) is 29.8 Å². The van der Waals surface area contributed by atoms with Gasteiger partial charge in [-0.1, -0.05) is 19.1 Å². The van der Waals surface area contributed by atoms with Crippen LogP contribution in [0.2, 0.25) is 0 Å². The van der Waals surface area contributed by atoms with Gasteiger partial charge in [0.15, 0.2) is 0 Å². The standard InChI is InChI=1S/C22H32N2O5S/c1-15-12-24(16(2)14-25)30(27,28)22-10-9-19(18-7-5-6-8-18)11-20(22)29-21(15)13-23(4)17(3)26/h7,9-11,15-16,21,25H,5-6,8,12-14H2,1-4H3/t15-,16-,21-/m1/s1. The molecule has 1 aliphatic heterocycles. The molecule has 8 heteroatoms. The Morgan fingerprint density at radius 2 is 2.13 bits per heavy atom. The number of aliphatic hydroxyl groups is 1. The van der Waals surface area contributed by atoms with Gasteiger partial charge >= 0.3 is 0 Å². The number of amides is 1. The highest BCUT2D eigenvalue weighted by atomic mass is 32.2. The van der Waals surface area contributed by atoms with Crippen LogP contribution >= 0.6 is 0 Å². The molecule has 1 aliphatic carbocycles. The van der Waals surface area contributed by atoms with E-state index in [1.165, 1.54) is 16.8 Å². The summed E-state index contributed by atoms with van der Waals surface area (Å²) in [5, 5.41) is 9.69. The molecule has 0 aromatic heterocycles. The average Bonchev–Trinajstić information content (AvgIpc) is 3.24. The lowest BCUT2D eigenvalue weighted by Crippen LogP contribution is -2.50. The minimum Gasteiger partial charge on any atom is -0.487 e. The monoisotopic (exact) mass is 436 g/mol. The van der Waals surface area contributed by atoms with Gasteiger partial charge in [0, 0.05) is 32.5 Å². The lowest BCUT2D eigenvalue weighted by Gasteiger charge is -2.37. The molecular formula is C22H32N2O5S. The maximum Gasteiger partial charge on any atom is 0.247 e. The summed E-state index contributed by atoms with van der Waals surface area (Å²) in [6, 6.07) is 4.69. The van der Waals surface area contributed by atoms with E-state index in [2.05, 4.69) is 6.08 Å². The molecule has 1 N–H and O–H groups in total. The second kappa shape index (κ2) is 9.08. The number of nitrogens with zero attached hydrogens (tertiary/aromatic N) is 2. The predicted octanol–water partition coefficient (Wildman–Crippen LogP) is 2.50. The highest BCUT2D eigenvalue weighted by Gasteiger charge is 2.38. The highest BCUT2D eigenvalue weighted by Crippen LogP contribution is 2.37. The Labute approximate surface area is 179 Å². The summed E-state index contributed by atoms with van der Waals surface area (Å²) in [6.07, 6.45) is 4.89. The van der Waals surface area contributed by atoms with Crippen LogP contribution in [0.3, 0.4) is 0 Å². The molecule has 1 heterocycles. The third kappa shape index (κ3) is 4.55. The summed E-state index contributed by atoms with van der Waals surface area (Å²) < 4.78 is 34.5. The van der Waals surface area contributed by atoms with Crippen molar-refractivity contribution in [3.63, 3.8) is 0 Å². The zero-order chi connectivity index (χ0) is 22.1. The van der Waals surface area contributed by atoms with E-state index in [9.17, 15) is 18.3 Å². The van der Waals surface area contributed by atoms with Crippen LogP contribution in [-0.4, -0.2) is 67.5 Å². The Morgan fingerprint density at radius 3 is 2.73 bits per heavy atom. The fourth-order valence-corrected chi connectivity index (χ4v) is 5.80. The van der Waals surface area contributed by atoms with E-state index in [4.69, 9.17) is 4.74 Å². The van der Waals surface area contributed by atoms with Gasteiger partial charge in [-0.15, -0.1) is 0 Å². The predicted molar refractivity (Wildman–Crippen MR) is 116 cm³/mol. The van der Waals surface area contributed by atoms with Crippen LogP contribution < -0.4 is 4.74 Å². The van der Waals surface area contributed by atoms with Crippen molar-refractivity contribution in [2.45, 2.75) is 57.1 Å². The first-order valence-electron chi connectivity index (χ1n) is 10.5. The number of likely N-dealkylation sites (N-methyl/N-ethyl adjacent to an activating group) is 1. The molecule has 2 aliphatic rings. The van der Waals surface area contributed by atoms with Crippen molar-refractivity contribution in [2.24, 2.45) is 5.92 Å². The summed E-state index contributed by atoms with van der Waals surface area (Å²) in [5.41, 5.74) is 2.17. The molecule has 0 fully saturated rings. The van der Waals surface area contributed by atoms with Gasteiger partial charge in [0.2, 0.25) is 15.9 Å². The number of ether oxygens (including phenoxy) is 1. The third-order valence-electron chi connectivity index (χ3n) is 6.07. The number of rotatable bonds is 5. The van der Waals surface area contributed by atoms with Crippen LogP contribution in [0.15, 0.2) is 29.2 Å². The van der Waals surface area contributed by atoms with Crippen molar-refractivity contribution in [1.82, 2.24) is 9.21 Å². The maximum atomic E-state index is 13.4. The Hall–Kier alpha value is -1.90. The topological polar surface area (TPSA) is 87.2 Å².